The van der Waals surface area contributed by atoms with E-state index in [0.717, 1.165) is 18.2 Å². The van der Waals surface area contributed by atoms with Crippen molar-refractivity contribution in [3.63, 3.8) is 0 Å². The van der Waals surface area contributed by atoms with E-state index in [4.69, 9.17) is 5.73 Å². The van der Waals surface area contributed by atoms with Gasteiger partial charge >= 0.3 is 0 Å². The second-order valence-corrected chi connectivity index (χ2v) is 5.98. The molecule has 1 aromatic carbocycles. The first-order valence-electron chi connectivity index (χ1n) is 5.42. The molecule has 2 aromatic rings. The molecule has 0 atom stereocenters. The van der Waals surface area contributed by atoms with Gasteiger partial charge in [0.1, 0.15) is 10.8 Å². The fourth-order valence-corrected chi connectivity index (χ4v) is 2.72. The molecule has 0 aliphatic heterocycles. The number of nitrogens with two attached hydrogens (primary N) is 1. The van der Waals surface area contributed by atoms with Crippen LogP contribution in [0.4, 0.5) is 10.1 Å². The number of hydrogen-bond acceptors (Lipinski definition) is 4. The summed E-state index contributed by atoms with van der Waals surface area (Å²) in [5.41, 5.74) is 5.53. The zero-order valence-corrected chi connectivity index (χ0v) is 11.7. The van der Waals surface area contributed by atoms with Crippen LogP contribution >= 0.6 is 12.2 Å². The Morgan fingerprint density at radius 3 is 2.70 bits per heavy atom. The van der Waals surface area contributed by atoms with Gasteiger partial charge in [-0.1, -0.05) is 12.2 Å². The molecule has 0 amide bonds. The number of nitrogens with zero attached hydrogens (tertiary/aromatic N) is 1. The van der Waals surface area contributed by atoms with E-state index in [1.165, 1.54) is 12.4 Å². The smallest absolute Gasteiger partial charge is 0.261 e. The van der Waals surface area contributed by atoms with Gasteiger partial charge in [-0.25, -0.2) is 12.8 Å². The minimum absolute atomic E-state index is 0.117. The summed E-state index contributed by atoms with van der Waals surface area (Å²) in [6.07, 6.45) is 2.87. The number of aromatic nitrogens is 1. The standard InChI is InChI=1S/C12H10FN3O2S2/c13-11-4-3-9(6-10(11)12(14)19)20(17,18)16-8-2-1-5-15-7-8/h1-7,16H,(H2,14,19). The number of benzene rings is 1. The minimum Gasteiger partial charge on any atom is -0.389 e. The molecular weight excluding hydrogens is 301 g/mol. The largest absolute Gasteiger partial charge is 0.389 e. The molecule has 0 radical (unpaired) electrons. The third-order valence-electron chi connectivity index (χ3n) is 2.43. The van der Waals surface area contributed by atoms with E-state index in [0.29, 0.717) is 5.69 Å². The number of pyridine rings is 1. The van der Waals surface area contributed by atoms with E-state index in [2.05, 4.69) is 21.9 Å². The summed E-state index contributed by atoms with van der Waals surface area (Å²) in [7, 11) is -3.86. The molecule has 3 N–H and O–H groups in total. The molecule has 8 heteroatoms. The summed E-state index contributed by atoms with van der Waals surface area (Å²) < 4.78 is 40.1. The number of hydrogen-bond donors (Lipinski definition) is 2. The van der Waals surface area contributed by atoms with Crippen LogP contribution in [0.5, 0.6) is 0 Å². The second-order valence-electron chi connectivity index (χ2n) is 3.85. The van der Waals surface area contributed by atoms with Gasteiger partial charge in [-0.2, -0.15) is 0 Å². The Bertz CT molecular complexity index is 749. The molecule has 0 saturated carbocycles. The summed E-state index contributed by atoms with van der Waals surface area (Å²) in [6, 6.07) is 6.37. The average Bonchev–Trinajstić information content (AvgIpc) is 2.39. The van der Waals surface area contributed by atoms with Gasteiger partial charge in [0.2, 0.25) is 0 Å². The highest BCUT2D eigenvalue weighted by molar-refractivity contribution is 7.92. The highest BCUT2D eigenvalue weighted by Crippen LogP contribution is 2.18. The third kappa shape index (κ3) is 3.09. The maximum Gasteiger partial charge on any atom is 0.261 e. The molecule has 0 aliphatic rings. The molecule has 2 rings (SSSR count). The molecular formula is C12H10FN3O2S2. The SMILES string of the molecule is NC(=S)c1cc(S(=O)(=O)Nc2cccnc2)ccc1F. The molecule has 0 unspecified atom stereocenters. The van der Waals surface area contributed by atoms with E-state index < -0.39 is 15.8 Å². The lowest BCUT2D eigenvalue weighted by molar-refractivity contribution is 0.599. The van der Waals surface area contributed by atoms with Gasteiger partial charge in [-0.3, -0.25) is 9.71 Å². The fourth-order valence-electron chi connectivity index (χ4n) is 1.50. The Kier molecular flexibility index (Phi) is 3.96. The molecule has 1 aromatic heterocycles. The average molecular weight is 311 g/mol. The predicted octanol–water partition coefficient (Wildman–Crippen LogP) is 1.66. The predicted molar refractivity (Wildman–Crippen MR) is 77.3 cm³/mol. The number of thiocarbonyl (C=S) groups is 1. The first-order chi connectivity index (χ1) is 9.40. The van der Waals surface area contributed by atoms with E-state index in [9.17, 15) is 12.8 Å². The van der Waals surface area contributed by atoms with Gasteiger partial charge in [0, 0.05) is 11.8 Å². The Morgan fingerprint density at radius 1 is 1.35 bits per heavy atom. The molecule has 0 saturated heterocycles. The van der Waals surface area contributed by atoms with Crippen molar-refractivity contribution in [2.24, 2.45) is 5.73 Å². The van der Waals surface area contributed by atoms with Crippen LogP contribution in [0.25, 0.3) is 0 Å². The third-order valence-corrected chi connectivity index (χ3v) is 4.03. The molecule has 0 fully saturated rings. The number of sulfonamides is 1. The number of nitrogens with one attached hydrogen (secondary N) is 1. The van der Waals surface area contributed by atoms with Gasteiger partial charge in [0.15, 0.2) is 0 Å². The van der Waals surface area contributed by atoms with Crippen molar-refractivity contribution < 1.29 is 12.8 Å². The zero-order chi connectivity index (χ0) is 14.8. The second kappa shape index (κ2) is 5.51. The van der Waals surface area contributed by atoms with Gasteiger partial charge in [0.05, 0.1) is 16.8 Å². The summed E-state index contributed by atoms with van der Waals surface area (Å²) >= 11 is 4.67. The fraction of sp³-hybridized carbons (Fsp3) is 0. The minimum atomic E-state index is -3.86. The first kappa shape index (κ1) is 14.4. The Hall–Kier alpha value is -2.06. The summed E-state index contributed by atoms with van der Waals surface area (Å²) in [5.74, 6) is -0.669. The molecule has 1 heterocycles. The van der Waals surface area contributed by atoms with Crippen molar-refractivity contribution in [1.29, 1.82) is 0 Å². The highest BCUT2D eigenvalue weighted by atomic mass is 32.2. The monoisotopic (exact) mass is 311 g/mol. The topological polar surface area (TPSA) is 85.1 Å². The molecule has 0 spiro atoms. The lowest BCUT2D eigenvalue weighted by Crippen LogP contribution is -2.16. The van der Waals surface area contributed by atoms with Gasteiger partial charge in [-0.05, 0) is 30.3 Å². The number of anilines is 1. The van der Waals surface area contributed by atoms with Crippen LogP contribution in [-0.4, -0.2) is 18.4 Å². The Labute approximate surface area is 120 Å². The molecule has 20 heavy (non-hydrogen) atoms. The quantitative estimate of drug-likeness (QED) is 0.839. The molecule has 0 bridgehead atoms. The van der Waals surface area contributed by atoms with Crippen LogP contribution in [-0.2, 0) is 10.0 Å². The van der Waals surface area contributed by atoms with Crippen LogP contribution in [0.15, 0.2) is 47.6 Å². The molecule has 5 nitrogen and oxygen atoms in total. The van der Waals surface area contributed by atoms with E-state index in [1.807, 2.05) is 0 Å². The molecule has 104 valence electrons. The van der Waals surface area contributed by atoms with E-state index in [1.54, 1.807) is 12.1 Å². The number of halogens is 1. The van der Waals surface area contributed by atoms with Crippen molar-refractivity contribution >= 4 is 32.9 Å². The highest BCUT2D eigenvalue weighted by Gasteiger charge is 2.17. The van der Waals surface area contributed by atoms with Crippen LogP contribution in [0, 0.1) is 5.82 Å². The van der Waals surface area contributed by atoms with E-state index >= 15 is 0 Å². The van der Waals surface area contributed by atoms with Crippen molar-refractivity contribution in [1.82, 2.24) is 4.98 Å². The maximum atomic E-state index is 13.4. The zero-order valence-electron chi connectivity index (χ0n) is 10.1. The van der Waals surface area contributed by atoms with Crippen molar-refractivity contribution in [3.05, 3.63) is 54.1 Å². The van der Waals surface area contributed by atoms with Crippen molar-refractivity contribution in [2.75, 3.05) is 4.72 Å². The number of rotatable bonds is 4. The van der Waals surface area contributed by atoms with Crippen molar-refractivity contribution in [2.45, 2.75) is 4.90 Å². The van der Waals surface area contributed by atoms with Crippen LogP contribution in [0.2, 0.25) is 0 Å². The summed E-state index contributed by atoms with van der Waals surface area (Å²) in [6.45, 7) is 0. The van der Waals surface area contributed by atoms with Crippen molar-refractivity contribution in [3.8, 4) is 0 Å². The van der Waals surface area contributed by atoms with Crippen LogP contribution < -0.4 is 10.5 Å². The molecule has 0 aliphatic carbocycles. The normalized spacial score (nSPS) is 11.1. The first-order valence-corrected chi connectivity index (χ1v) is 7.31. The Balaban J connectivity index is 2.40. The van der Waals surface area contributed by atoms with Gasteiger partial charge in [0.25, 0.3) is 10.0 Å². The van der Waals surface area contributed by atoms with E-state index in [-0.39, 0.29) is 15.4 Å². The van der Waals surface area contributed by atoms with Gasteiger partial charge in [-0.15, -0.1) is 0 Å². The van der Waals surface area contributed by atoms with Gasteiger partial charge < -0.3 is 5.73 Å². The summed E-state index contributed by atoms with van der Waals surface area (Å²) in [4.78, 5) is 3.45. The lowest BCUT2D eigenvalue weighted by Gasteiger charge is -2.09. The Morgan fingerprint density at radius 2 is 2.10 bits per heavy atom. The lowest BCUT2D eigenvalue weighted by atomic mass is 10.2. The summed E-state index contributed by atoms with van der Waals surface area (Å²) in [5, 5.41) is 0. The van der Waals surface area contributed by atoms with Crippen LogP contribution in [0.3, 0.4) is 0 Å². The van der Waals surface area contributed by atoms with Crippen LogP contribution in [0.1, 0.15) is 5.56 Å². The maximum absolute atomic E-state index is 13.4.